The van der Waals surface area contributed by atoms with Crippen LogP contribution in [0.25, 0.3) is 22.3 Å². The Morgan fingerprint density at radius 3 is 2.26 bits per heavy atom. The van der Waals surface area contributed by atoms with E-state index in [1.54, 1.807) is 37.3 Å². The van der Waals surface area contributed by atoms with Crippen LogP contribution in [-0.2, 0) is 19.5 Å². The van der Waals surface area contributed by atoms with E-state index in [4.69, 9.17) is 13.9 Å². The van der Waals surface area contributed by atoms with Gasteiger partial charge in [-0.25, -0.2) is 8.42 Å². The van der Waals surface area contributed by atoms with Gasteiger partial charge in [0.25, 0.3) is 5.91 Å². The van der Waals surface area contributed by atoms with Crippen molar-refractivity contribution >= 4 is 38.3 Å². The van der Waals surface area contributed by atoms with E-state index in [1.165, 1.54) is 10.4 Å². The first-order chi connectivity index (χ1) is 20.3. The molecule has 0 spiro atoms. The Balaban J connectivity index is 1.42. The highest BCUT2D eigenvalue weighted by Crippen LogP contribution is 2.33. The summed E-state index contributed by atoms with van der Waals surface area (Å²) in [4.78, 5) is 29.3. The average Bonchev–Trinajstić information content (AvgIpc) is 3.03. The number of amides is 1. The highest BCUT2D eigenvalue weighted by atomic mass is 32.2. The van der Waals surface area contributed by atoms with Gasteiger partial charge in [0.15, 0.2) is 11.0 Å². The number of hydrogen-bond donors (Lipinski definition) is 1. The Morgan fingerprint density at radius 1 is 0.857 bits per heavy atom. The molecule has 0 saturated carbocycles. The molecule has 1 N–H and O–H groups in total. The van der Waals surface area contributed by atoms with Gasteiger partial charge in [-0.05, 0) is 37.3 Å². The van der Waals surface area contributed by atoms with Crippen LogP contribution < -0.4 is 15.6 Å². The number of morpholine rings is 2. The van der Waals surface area contributed by atoms with Crippen LogP contribution in [0.2, 0.25) is 0 Å². The molecule has 2 aliphatic rings. The molecule has 3 aromatic carbocycles. The van der Waals surface area contributed by atoms with Crippen molar-refractivity contribution in [2.45, 2.75) is 11.8 Å². The number of nitrogens with zero attached hydrogens (tertiary/aromatic N) is 2. The van der Waals surface area contributed by atoms with Gasteiger partial charge in [-0.2, -0.15) is 4.31 Å². The summed E-state index contributed by atoms with van der Waals surface area (Å²) in [6, 6.07) is 18.9. The van der Waals surface area contributed by atoms with Crippen LogP contribution in [0.3, 0.4) is 0 Å². The van der Waals surface area contributed by atoms with Crippen LogP contribution in [0, 0.1) is 6.92 Å². The minimum atomic E-state index is -3.81. The summed E-state index contributed by atoms with van der Waals surface area (Å²) in [6.45, 7) is 5.06. The van der Waals surface area contributed by atoms with Gasteiger partial charge in [-0.3, -0.25) is 9.59 Å². The maximum Gasteiger partial charge on any atom is 0.259 e. The number of para-hydroxylation sites is 1. The van der Waals surface area contributed by atoms with E-state index in [1.807, 2.05) is 35.2 Å². The van der Waals surface area contributed by atoms with Crippen molar-refractivity contribution in [1.82, 2.24) is 4.31 Å². The molecule has 0 unspecified atom stereocenters. The van der Waals surface area contributed by atoms with Gasteiger partial charge in [0.1, 0.15) is 5.76 Å². The van der Waals surface area contributed by atoms with E-state index >= 15 is 0 Å². The first kappa shape index (κ1) is 28.1. The molecule has 6 rings (SSSR count). The van der Waals surface area contributed by atoms with Crippen LogP contribution in [0.5, 0.6) is 0 Å². The largest absolute Gasteiger partial charge is 0.455 e. The summed E-state index contributed by atoms with van der Waals surface area (Å²) < 4.78 is 45.4. The second kappa shape index (κ2) is 11.7. The normalized spacial score (nSPS) is 16.5. The molecular formula is C31H31N3O7S. The number of nitrogens with one attached hydrogen (secondary N) is 1. The van der Waals surface area contributed by atoms with Crippen molar-refractivity contribution in [3.05, 3.63) is 88.1 Å². The minimum absolute atomic E-state index is 0.0724. The van der Waals surface area contributed by atoms with Crippen LogP contribution >= 0.6 is 0 Å². The van der Waals surface area contributed by atoms with Crippen molar-refractivity contribution in [3.63, 3.8) is 0 Å². The number of carbonyl (C=O) groups is 1. The summed E-state index contributed by atoms with van der Waals surface area (Å²) in [5, 5.41) is 3.22. The number of sulfonamides is 1. The average molecular weight is 590 g/mol. The lowest BCUT2D eigenvalue weighted by atomic mass is 10.0. The summed E-state index contributed by atoms with van der Waals surface area (Å²) >= 11 is 0. The Hall–Kier alpha value is -4.03. The predicted molar refractivity (Wildman–Crippen MR) is 160 cm³/mol. The summed E-state index contributed by atoms with van der Waals surface area (Å²) in [5.74, 6) is -0.136. The molecule has 0 atom stereocenters. The number of hydrogen-bond acceptors (Lipinski definition) is 8. The maximum atomic E-state index is 13.9. The molecular weight excluding hydrogens is 558 g/mol. The minimum Gasteiger partial charge on any atom is -0.455 e. The summed E-state index contributed by atoms with van der Waals surface area (Å²) in [5.41, 5.74) is 2.28. The van der Waals surface area contributed by atoms with Gasteiger partial charge < -0.3 is 24.1 Å². The topological polar surface area (TPSA) is 118 Å². The van der Waals surface area contributed by atoms with Crippen molar-refractivity contribution in [1.29, 1.82) is 0 Å². The molecule has 11 heteroatoms. The lowest BCUT2D eigenvalue weighted by Gasteiger charge is -2.31. The molecule has 1 amide bonds. The first-order valence-corrected chi connectivity index (χ1v) is 15.3. The molecule has 2 saturated heterocycles. The van der Waals surface area contributed by atoms with E-state index in [0.717, 1.165) is 5.56 Å². The predicted octanol–water partition coefficient (Wildman–Crippen LogP) is 3.88. The van der Waals surface area contributed by atoms with Gasteiger partial charge in [0.05, 0.1) is 53.6 Å². The molecule has 4 aromatic rings. The Morgan fingerprint density at radius 2 is 1.55 bits per heavy atom. The van der Waals surface area contributed by atoms with E-state index in [9.17, 15) is 18.0 Å². The fraction of sp³-hybridized carbons (Fsp3) is 0.290. The second-order valence-corrected chi connectivity index (χ2v) is 12.1. The molecule has 2 aliphatic heterocycles. The quantitative estimate of drug-likeness (QED) is 0.360. The molecule has 2 fully saturated rings. The fourth-order valence-corrected chi connectivity index (χ4v) is 6.77. The molecule has 42 heavy (non-hydrogen) atoms. The van der Waals surface area contributed by atoms with Gasteiger partial charge in [-0.15, -0.1) is 0 Å². The summed E-state index contributed by atoms with van der Waals surface area (Å²) in [6.07, 6.45) is 0. The highest BCUT2D eigenvalue weighted by Gasteiger charge is 2.28. The Bertz CT molecular complexity index is 1790. The number of carbonyl (C=O) groups excluding carboxylic acids is 1. The third-order valence-corrected chi connectivity index (χ3v) is 9.50. The van der Waals surface area contributed by atoms with E-state index < -0.39 is 15.9 Å². The molecule has 218 valence electrons. The monoisotopic (exact) mass is 589 g/mol. The summed E-state index contributed by atoms with van der Waals surface area (Å²) in [7, 11) is -3.81. The Labute approximate surface area is 243 Å². The van der Waals surface area contributed by atoms with Crippen molar-refractivity contribution in [3.8, 4) is 11.3 Å². The first-order valence-electron chi connectivity index (χ1n) is 13.8. The standard InChI is InChI=1S/C31H31N3O7S/c1-21-28(35)24-8-5-9-25(30(24)41-29(21)22-6-3-2-4-7-22)31(36)32-26-20-23(42(37,38)34-14-18-40-19-15-34)10-11-27(26)33-12-16-39-17-13-33/h2-11,20H,12-19H2,1H3,(H,32,36). The zero-order valence-corrected chi connectivity index (χ0v) is 24.0. The molecule has 0 aliphatic carbocycles. The van der Waals surface area contributed by atoms with Crippen molar-refractivity contribution in [2.24, 2.45) is 0 Å². The van der Waals surface area contributed by atoms with E-state index in [2.05, 4.69) is 5.32 Å². The van der Waals surface area contributed by atoms with Gasteiger partial charge in [0, 0.05) is 37.3 Å². The molecule has 0 bridgehead atoms. The van der Waals surface area contributed by atoms with Gasteiger partial charge in [0.2, 0.25) is 10.0 Å². The number of ether oxygens (including phenoxy) is 2. The van der Waals surface area contributed by atoms with Crippen LogP contribution in [-0.4, -0.2) is 71.2 Å². The Kier molecular flexibility index (Phi) is 7.82. The zero-order chi connectivity index (χ0) is 29.3. The SMILES string of the molecule is Cc1c(-c2ccccc2)oc2c(C(=O)Nc3cc(S(=O)(=O)N4CCOCC4)ccc3N3CCOCC3)cccc2c1=O. The smallest absolute Gasteiger partial charge is 0.259 e. The number of benzene rings is 3. The third-order valence-electron chi connectivity index (χ3n) is 7.60. The fourth-order valence-electron chi connectivity index (χ4n) is 5.33. The van der Waals surface area contributed by atoms with Crippen LogP contribution in [0.1, 0.15) is 15.9 Å². The lowest BCUT2D eigenvalue weighted by Crippen LogP contribution is -2.40. The maximum absolute atomic E-state index is 13.9. The number of anilines is 2. The van der Waals surface area contributed by atoms with E-state index in [0.29, 0.717) is 62.2 Å². The van der Waals surface area contributed by atoms with Crippen LogP contribution in [0.4, 0.5) is 11.4 Å². The number of rotatable bonds is 6. The third kappa shape index (κ3) is 5.32. The van der Waals surface area contributed by atoms with Crippen molar-refractivity contribution < 1.29 is 27.1 Å². The highest BCUT2D eigenvalue weighted by molar-refractivity contribution is 7.89. The molecule has 0 radical (unpaired) electrons. The van der Waals surface area contributed by atoms with Gasteiger partial charge >= 0.3 is 0 Å². The van der Waals surface area contributed by atoms with Gasteiger partial charge in [-0.1, -0.05) is 36.4 Å². The number of fused-ring (bicyclic) bond motifs is 1. The van der Waals surface area contributed by atoms with E-state index in [-0.39, 0.29) is 39.9 Å². The molecule has 3 heterocycles. The van der Waals surface area contributed by atoms with Crippen molar-refractivity contribution in [2.75, 3.05) is 62.8 Å². The molecule has 1 aromatic heterocycles. The lowest BCUT2D eigenvalue weighted by molar-refractivity contribution is 0.0730. The zero-order valence-electron chi connectivity index (χ0n) is 23.2. The molecule has 10 nitrogen and oxygen atoms in total. The van der Waals surface area contributed by atoms with Crippen LogP contribution in [0.15, 0.2) is 80.8 Å². The second-order valence-electron chi connectivity index (χ2n) is 10.2.